The minimum atomic E-state index is 0.646. The van der Waals surface area contributed by atoms with E-state index in [2.05, 4.69) is 10.1 Å². The normalized spacial score (nSPS) is 11.1. The fourth-order valence-corrected chi connectivity index (χ4v) is 1.10. The van der Waals surface area contributed by atoms with Crippen LogP contribution in [0.1, 0.15) is 5.56 Å². The van der Waals surface area contributed by atoms with Gasteiger partial charge in [0.2, 0.25) is 0 Å². The van der Waals surface area contributed by atoms with E-state index in [4.69, 9.17) is 9.94 Å². The van der Waals surface area contributed by atoms with E-state index in [1.165, 1.54) is 6.21 Å². The largest absolute Gasteiger partial charge is 0.492 e. The standard InChI is InChI=1S/C11H16N2O2/c1-13(2)6-7-15-11-5-3-4-10(8-11)9-12-14/h3-5,8-9,14H,6-7H2,1-2H3. The third-order valence-electron chi connectivity index (χ3n) is 1.87. The Morgan fingerprint density at radius 1 is 1.47 bits per heavy atom. The summed E-state index contributed by atoms with van der Waals surface area (Å²) < 4.78 is 5.52. The van der Waals surface area contributed by atoms with Gasteiger partial charge < -0.3 is 14.8 Å². The van der Waals surface area contributed by atoms with Crippen LogP contribution >= 0.6 is 0 Å². The molecule has 0 spiro atoms. The number of likely N-dealkylation sites (N-methyl/N-ethyl adjacent to an activating group) is 1. The zero-order chi connectivity index (χ0) is 11.1. The highest BCUT2D eigenvalue weighted by Gasteiger charge is 1.96. The van der Waals surface area contributed by atoms with Gasteiger partial charge in [0, 0.05) is 6.54 Å². The second kappa shape index (κ2) is 6.03. The number of rotatable bonds is 5. The van der Waals surface area contributed by atoms with Gasteiger partial charge in [0.15, 0.2) is 0 Å². The van der Waals surface area contributed by atoms with Crippen molar-refractivity contribution in [1.29, 1.82) is 0 Å². The number of benzene rings is 1. The summed E-state index contributed by atoms with van der Waals surface area (Å²) in [6.45, 7) is 1.52. The van der Waals surface area contributed by atoms with Gasteiger partial charge in [-0.25, -0.2) is 0 Å². The van der Waals surface area contributed by atoms with Crippen LogP contribution in [0.15, 0.2) is 29.4 Å². The minimum absolute atomic E-state index is 0.646. The molecule has 82 valence electrons. The molecule has 0 radical (unpaired) electrons. The summed E-state index contributed by atoms with van der Waals surface area (Å²) in [6.07, 6.45) is 1.37. The second-order valence-electron chi connectivity index (χ2n) is 3.47. The minimum Gasteiger partial charge on any atom is -0.492 e. The van der Waals surface area contributed by atoms with Crippen molar-refractivity contribution in [2.45, 2.75) is 0 Å². The first-order chi connectivity index (χ1) is 7.22. The lowest BCUT2D eigenvalue weighted by molar-refractivity contribution is 0.261. The average Bonchev–Trinajstić information content (AvgIpc) is 2.18. The maximum atomic E-state index is 8.38. The molecule has 0 aliphatic heterocycles. The van der Waals surface area contributed by atoms with Crippen molar-refractivity contribution in [3.8, 4) is 5.75 Å². The van der Waals surface area contributed by atoms with E-state index in [1.807, 2.05) is 38.4 Å². The van der Waals surface area contributed by atoms with Gasteiger partial charge in [0.1, 0.15) is 12.4 Å². The molecule has 4 nitrogen and oxygen atoms in total. The van der Waals surface area contributed by atoms with Crippen molar-refractivity contribution in [1.82, 2.24) is 4.90 Å². The molecule has 4 heteroatoms. The third-order valence-corrected chi connectivity index (χ3v) is 1.87. The Labute approximate surface area is 89.8 Å². The van der Waals surface area contributed by atoms with E-state index in [1.54, 1.807) is 0 Å². The van der Waals surface area contributed by atoms with Gasteiger partial charge in [-0.2, -0.15) is 0 Å². The van der Waals surface area contributed by atoms with Gasteiger partial charge in [-0.1, -0.05) is 17.3 Å². The maximum Gasteiger partial charge on any atom is 0.120 e. The van der Waals surface area contributed by atoms with Crippen LogP contribution in [0.25, 0.3) is 0 Å². The molecule has 0 bridgehead atoms. The summed E-state index contributed by atoms with van der Waals surface area (Å²) in [5.41, 5.74) is 0.819. The van der Waals surface area contributed by atoms with Gasteiger partial charge in [0.25, 0.3) is 0 Å². The molecule has 1 N–H and O–H groups in total. The summed E-state index contributed by atoms with van der Waals surface area (Å²) in [4.78, 5) is 2.05. The zero-order valence-electron chi connectivity index (χ0n) is 9.05. The smallest absolute Gasteiger partial charge is 0.120 e. The molecule has 15 heavy (non-hydrogen) atoms. The second-order valence-corrected chi connectivity index (χ2v) is 3.47. The zero-order valence-corrected chi connectivity index (χ0v) is 9.05. The Kier molecular flexibility index (Phi) is 4.63. The molecule has 0 fully saturated rings. The van der Waals surface area contributed by atoms with Crippen molar-refractivity contribution in [2.75, 3.05) is 27.2 Å². The molecule has 0 heterocycles. The first-order valence-corrected chi connectivity index (χ1v) is 4.77. The van der Waals surface area contributed by atoms with Crippen molar-refractivity contribution < 1.29 is 9.94 Å². The van der Waals surface area contributed by atoms with Crippen molar-refractivity contribution in [3.63, 3.8) is 0 Å². The fraction of sp³-hybridized carbons (Fsp3) is 0.364. The van der Waals surface area contributed by atoms with E-state index in [0.29, 0.717) is 6.61 Å². The highest BCUT2D eigenvalue weighted by atomic mass is 16.5. The van der Waals surface area contributed by atoms with Gasteiger partial charge in [-0.05, 0) is 31.8 Å². The topological polar surface area (TPSA) is 45.1 Å². The van der Waals surface area contributed by atoms with Crippen LogP contribution in [0.3, 0.4) is 0 Å². The summed E-state index contributed by atoms with van der Waals surface area (Å²) in [6, 6.07) is 7.42. The van der Waals surface area contributed by atoms with E-state index >= 15 is 0 Å². The lowest BCUT2D eigenvalue weighted by Gasteiger charge is -2.10. The van der Waals surface area contributed by atoms with Gasteiger partial charge in [-0.3, -0.25) is 0 Å². The predicted molar refractivity (Wildman–Crippen MR) is 59.9 cm³/mol. The predicted octanol–water partition coefficient (Wildman–Crippen LogP) is 1.44. The SMILES string of the molecule is CN(C)CCOc1cccc(C=NO)c1. The Morgan fingerprint density at radius 3 is 2.93 bits per heavy atom. The first-order valence-electron chi connectivity index (χ1n) is 4.77. The summed E-state index contributed by atoms with van der Waals surface area (Å²) in [7, 11) is 4.00. The molecule has 1 rings (SSSR count). The Balaban J connectivity index is 2.50. The summed E-state index contributed by atoms with van der Waals surface area (Å²) in [5, 5.41) is 11.3. The highest BCUT2D eigenvalue weighted by molar-refractivity contribution is 5.79. The molecule has 0 atom stereocenters. The van der Waals surface area contributed by atoms with Gasteiger partial charge in [-0.15, -0.1) is 0 Å². The molecule has 0 aromatic heterocycles. The first kappa shape index (κ1) is 11.5. The number of hydrogen-bond acceptors (Lipinski definition) is 4. The molecule has 0 aliphatic rings. The van der Waals surface area contributed by atoms with Crippen LogP contribution in [0.2, 0.25) is 0 Å². The molecule has 1 aromatic carbocycles. The fourth-order valence-electron chi connectivity index (χ4n) is 1.10. The lowest BCUT2D eigenvalue weighted by atomic mass is 10.2. The van der Waals surface area contributed by atoms with E-state index in [-0.39, 0.29) is 0 Å². The Hall–Kier alpha value is -1.55. The summed E-state index contributed by atoms with van der Waals surface area (Å²) in [5.74, 6) is 0.786. The number of ether oxygens (including phenoxy) is 1. The van der Waals surface area contributed by atoms with Crippen molar-refractivity contribution >= 4 is 6.21 Å². The molecule has 1 aromatic rings. The molecular weight excluding hydrogens is 192 g/mol. The van der Waals surface area contributed by atoms with Crippen LogP contribution in [-0.2, 0) is 0 Å². The summed E-state index contributed by atoms with van der Waals surface area (Å²) >= 11 is 0. The Bertz CT molecular complexity index is 324. The molecule has 0 amide bonds. The number of nitrogens with zero attached hydrogens (tertiary/aromatic N) is 2. The van der Waals surface area contributed by atoms with E-state index in [9.17, 15) is 0 Å². The third kappa shape index (κ3) is 4.46. The highest BCUT2D eigenvalue weighted by Crippen LogP contribution is 2.11. The van der Waals surface area contributed by atoms with Crippen LogP contribution in [0.4, 0.5) is 0 Å². The van der Waals surface area contributed by atoms with Crippen LogP contribution in [0.5, 0.6) is 5.75 Å². The molecule has 0 aliphatic carbocycles. The van der Waals surface area contributed by atoms with Gasteiger partial charge in [0.05, 0.1) is 6.21 Å². The van der Waals surface area contributed by atoms with E-state index < -0.39 is 0 Å². The maximum absolute atomic E-state index is 8.38. The van der Waals surface area contributed by atoms with Crippen LogP contribution in [-0.4, -0.2) is 43.6 Å². The number of hydrogen-bond donors (Lipinski definition) is 1. The van der Waals surface area contributed by atoms with Crippen LogP contribution in [0, 0.1) is 0 Å². The van der Waals surface area contributed by atoms with Crippen molar-refractivity contribution in [2.24, 2.45) is 5.16 Å². The van der Waals surface area contributed by atoms with Crippen molar-refractivity contribution in [3.05, 3.63) is 29.8 Å². The molecule has 0 saturated carbocycles. The van der Waals surface area contributed by atoms with E-state index in [0.717, 1.165) is 17.9 Å². The quantitative estimate of drug-likeness (QED) is 0.452. The molecule has 0 saturated heterocycles. The average molecular weight is 208 g/mol. The Morgan fingerprint density at radius 2 is 2.27 bits per heavy atom. The van der Waals surface area contributed by atoms with Gasteiger partial charge >= 0.3 is 0 Å². The molecular formula is C11H16N2O2. The lowest BCUT2D eigenvalue weighted by Crippen LogP contribution is -2.19. The van der Waals surface area contributed by atoms with Crippen LogP contribution < -0.4 is 4.74 Å². The molecule has 0 unspecified atom stereocenters. The monoisotopic (exact) mass is 208 g/mol. The number of oxime groups is 1.